The van der Waals surface area contributed by atoms with E-state index in [1.165, 1.54) is 16.0 Å². The van der Waals surface area contributed by atoms with Gasteiger partial charge in [-0.15, -0.1) is 0 Å². The molecule has 1 aromatic heterocycles. The Morgan fingerprint density at radius 3 is 2.45 bits per heavy atom. The van der Waals surface area contributed by atoms with Crippen molar-refractivity contribution in [1.82, 2.24) is 25.3 Å². The van der Waals surface area contributed by atoms with Crippen LogP contribution in [0.15, 0.2) is 59.9 Å². The van der Waals surface area contributed by atoms with Gasteiger partial charge in [-0.25, -0.2) is 0 Å². The van der Waals surface area contributed by atoms with Crippen LogP contribution in [0.4, 0.5) is 0 Å². The Bertz CT molecular complexity index is 1050. The number of fused-ring (bicyclic) bond motifs is 5. The fourth-order valence-corrected chi connectivity index (χ4v) is 5.48. The number of benzene rings is 1. The predicted molar refractivity (Wildman–Crippen MR) is 125 cm³/mol. The van der Waals surface area contributed by atoms with Crippen molar-refractivity contribution in [2.24, 2.45) is 28.7 Å². The lowest BCUT2D eigenvalue weighted by Gasteiger charge is -2.18. The van der Waals surface area contributed by atoms with Crippen LogP contribution in [-0.4, -0.2) is 52.6 Å². The molecule has 2 aromatic rings. The molecule has 0 radical (unpaired) electrons. The lowest BCUT2D eigenvalue weighted by Crippen LogP contribution is -2.39. The Morgan fingerprint density at radius 1 is 1.06 bits per heavy atom. The Morgan fingerprint density at radius 2 is 1.79 bits per heavy atom. The molecule has 2 amide bonds. The number of carbonyl (C=O) groups is 2. The van der Waals surface area contributed by atoms with Gasteiger partial charge in [-0.05, 0) is 41.9 Å². The second-order valence-electron chi connectivity index (χ2n) is 9.01. The fourth-order valence-electron chi connectivity index (χ4n) is 5.48. The van der Waals surface area contributed by atoms with Gasteiger partial charge in [0.25, 0.3) is 0 Å². The van der Waals surface area contributed by atoms with Crippen molar-refractivity contribution >= 4 is 17.8 Å². The summed E-state index contributed by atoms with van der Waals surface area (Å²) in [5.41, 5.74) is 2.38. The fraction of sp³-hybridized carbons (Fsp3) is 0.440. The molecule has 172 valence electrons. The number of imide groups is 1. The van der Waals surface area contributed by atoms with Crippen molar-refractivity contribution < 1.29 is 9.59 Å². The number of allylic oxidation sites excluding steroid dienone is 2. The van der Waals surface area contributed by atoms with Crippen LogP contribution in [0.25, 0.3) is 0 Å². The Balaban J connectivity index is 1.09. The van der Waals surface area contributed by atoms with Gasteiger partial charge < -0.3 is 10.6 Å². The van der Waals surface area contributed by atoms with Gasteiger partial charge >= 0.3 is 0 Å². The van der Waals surface area contributed by atoms with Gasteiger partial charge in [-0.2, -0.15) is 5.10 Å². The summed E-state index contributed by atoms with van der Waals surface area (Å²) in [5, 5.41) is 10.9. The van der Waals surface area contributed by atoms with Crippen LogP contribution in [0.2, 0.25) is 0 Å². The number of nitrogens with one attached hydrogen (secondary N) is 2. The molecular weight excluding hydrogens is 416 g/mol. The number of rotatable bonds is 8. The van der Waals surface area contributed by atoms with Crippen molar-refractivity contribution in [1.29, 1.82) is 0 Å². The monoisotopic (exact) mass is 446 g/mol. The van der Waals surface area contributed by atoms with Gasteiger partial charge in [0.1, 0.15) is 0 Å². The number of nitrogens with zero attached hydrogens (tertiary/aromatic N) is 4. The van der Waals surface area contributed by atoms with Crippen LogP contribution >= 0.6 is 0 Å². The molecule has 1 saturated heterocycles. The van der Waals surface area contributed by atoms with Crippen molar-refractivity contribution in [2.45, 2.75) is 25.9 Å². The van der Waals surface area contributed by atoms with Crippen molar-refractivity contribution in [3.05, 3.63) is 66.0 Å². The molecule has 8 nitrogen and oxygen atoms in total. The number of carbonyl (C=O) groups excluding carboxylic acids is 2. The standard InChI is InChI=1S/C25H30N6O2/c1-26-25(28-15-19-6-2-3-7-20(19)16-30-12-5-11-29-30)27-10-4-13-31-23(32)21-17-8-9-18(14-17)22(21)24(31)33/h2-3,5-9,11-12,17-18,21-22H,4,10,13-16H2,1H3,(H2,26,27,28). The Kier molecular flexibility index (Phi) is 5.98. The summed E-state index contributed by atoms with van der Waals surface area (Å²) in [7, 11) is 1.74. The molecule has 2 bridgehead atoms. The molecule has 33 heavy (non-hydrogen) atoms. The third kappa shape index (κ3) is 4.17. The lowest BCUT2D eigenvalue weighted by molar-refractivity contribution is -0.140. The van der Waals surface area contributed by atoms with Gasteiger partial charge in [-0.1, -0.05) is 36.4 Å². The number of hydrogen-bond donors (Lipinski definition) is 2. The molecule has 1 aromatic carbocycles. The first-order chi connectivity index (χ1) is 16.2. The van der Waals surface area contributed by atoms with E-state index in [9.17, 15) is 9.59 Å². The highest BCUT2D eigenvalue weighted by Crippen LogP contribution is 2.52. The minimum absolute atomic E-state index is 0.0261. The summed E-state index contributed by atoms with van der Waals surface area (Å²) < 4.78 is 1.91. The molecule has 5 rings (SSSR count). The predicted octanol–water partition coefficient (Wildman–Crippen LogP) is 1.79. The second-order valence-corrected chi connectivity index (χ2v) is 9.01. The minimum atomic E-state index is -0.114. The van der Waals surface area contributed by atoms with Crippen LogP contribution in [-0.2, 0) is 22.7 Å². The summed E-state index contributed by atoms with van der Waals surface area (Å²) >= 11 is 0. The summed E-state index contributed by atoms with van der Waals surface area (Å²) in [5.74, 6) is 1.05. The summed E-state index contributed by atoms with van der Waals surface area (Å²) in [6.07, 6.45) is 9.65. The average Bonchev–Trinajstić information content (AvgIpc) is 3.61. The zero-order chi connectivity index (χ0) is 22.8. The van der Waals surface area contributed by atoms with Gasteiger partial charge in [0.05, 0.1) is 18.4 Å². The van der Waals surface area contributed by atoms with Crippen molar-refractivity contribution in [3.63, 3.8) is 0 Å². The van der Waals surface area contributed by atoms with E-state index in [1.807, 2.05) is 29.1 Å². The first-order valence-corrected chi connectivity index (χ1v) is 11.7. The van der Waals surface area contributed by atoms with Gasteiger partial charge in [-0.3, -0.25) is 24.2 Å². The van der Waals surface area contributed by atoms with Gasteiger partial charge in [0, 0.05) is 39.1 Å². The number of guanidine groups is 1. The van der Waals surface area contributed by atoms with Crippen LogP contribution in [0.3, 0.4) is 0 Å². The lowest BCUT2D eigenvalue weighted by atomic mass is 9.85. The molecule has 0 spiro atoms. The van der Waals surface area contributed by atoms with Gasteiger partial charge in [0.2, 0.25) is 11.8 Å². The van der Waals surface area contributed by atoms with E-state index in [2.05, 4.69) is 45.0 Å². The number of hydrogen-bond acceptors (Lipinski definition) is 4. The quantitative estimate of drug-likeness (QED) is 0.212. The molecular formula is C25H30N6O2. The smallest absolute Gasteiger partial charge is 0.233 e. The molecule has 2 N–H and O–H groups in total. The molecule has 2 aliphatic carbocycles. The largest absolute Gasteiger partial charge is 0.356 e. The summed E-state index contributed by atoms with van der Waals surface area (Å²) in [4.78, 5) is 31.4. The Hall–Kier alpha value is -3.42. The topological polar surface area (TPSA) is 91.6 Å². The molecule has 8 heteroatoms. The molecule has 2 heterocycles. The third-order valence-electron chi connectivity index (χ3n) is 7.09. The highest BCUT2D eigenvalue weighted by molar-refractivity contribution is 6.06. The number of amides is 2. The highest BCUT2D eigenvalue weighted by atomic mass is 16.2. The number of aromatic nitrogens is 2. The average molecular weight is 447 g/mol. The molecule has 4 atom stereocenters. The van der Waals surface area contributed by atoms with Crippen molar-refractivity contribution in [3.8, 4) is 0 Å². The van der Waals surface area contributed by atoms with E-state index in [0.29, 0.717) is 38.6 Å². The van der Waals surface area contributed by atoms with E-state index < -0.39 is 0 Å². The van der Waals surface area contributed by atoms with Crippen LogP contribution in [0.5, 0.6) is 0 Å². The summed E-state index contributed by atoms with van der Waals surface area (Å²) in [6, 6.07) is 10.2. The maximum absolute atomic E-state index is 12.8. The normalized spacial score (nSPS) is 25.7. The molecule has 2 fully saturated rings. The molecule has 4 unspecified atom stereocenters. The first kappa shape index (κ1) is 21.4. The number of likely N-dealkylation sites (tertiary alicyclic amines) is 1. The van der Waals surface area contributed by atoms with Crippen LogP contribution in [0.1, 0.15) is 24.0 Å². The second kappa shape index (κ2) is 9.21. The first-order valence-electron chi connectivity index (χ1n) is 11.7. The maximum Gasteiger partial charge on any atom is 0.233 e. The van der Waals surface area contributed by atoms with E-state index in [4.69, 9.17) is 0 Å². The summed E-state index contributed by atoms with van der Waals surface area (Å²) in [6.45, 7) is 2.44. The zero-order valence-electron chi connectivity index (χ0n) is 18.9. The third-order valence-corrected chi connectivity index (χ3v) is 7.09. The Labute approximate surface area is 193 Å². The minimum Gasteiger partial charge on any atom is -0.356 e. The van der Waals surface area contributed by atoms with E-state index in [0.717, 1.165) is 6.42 Å². The van der Waals surface area contributed by atoms with E-state index in [1.54, 1.807) is 13.2 Å². The number of aliphatic imine (C=N–C) groups is 1. The van der Waals surface area contributed by atoms with E-state index >= 15 is 0 Å². The SMILES string of the molecule is CN=C(NCCCN1C(=O)C2C3C=CC(C3)C2C1=O)NCc1ccccc1Cn1cccn1. The molecule has 1 saturated carbocycles. The highest BCUT2D eigenvalue weighted by Gasteiger charge is 2.58. The maximum atomic E-state index is 12.8. The zero-order valence-corrected chi connectivity index (χ0v) is 18.9. The molecule has 3 aliphatic rings. The van der Waals surface area contributed by atoms with Gasteiger partial charge in [0.15, 0.2) is 5.96 Å². The molecule has 1 aliphatic heterocycles. The van der Waals surface area contributed by atoms with Crippen molar-refractivity contribution in [2.75, 3.05) is 20.1 Å². The van der Waals surface area contributed by atoms with Crippen LogP contribution in [0, 0.1) is 23.7 Å². The van der Waals surface area contributed by atoms with Crippen LogP contribution < -0.4 is 10.6 Å². The van der Waals surface area contributed by atoms with E-state index in [-0.39, 0.29) is 35.5 Å².